The van der Waals surface area contributed by atoms with Crippen LogP contribution in [0.25, 0.3) is 10.4 Å². The molecule has 0 fully saturated rings. The van der Waals surface area contributed by atoms with Gasteiger partial charge < -0.3 is 5.32 Å². The Morgan fingerprint density at radius 2 is 2.22 bits per heavy atom. The first-order valence-corrected chi connectivity index (χ1v) is 7.32. The Labute approximate surface area is 118 Å². The number of aromatic nitrogens is 1. The highest BCUT2D eigenvalue weighted by atomic mass is 79.9. The summed E-state index contributed by atoms with van der Waals surface area (Å²) in [7, 11) is 0. The summed E-state index contributed by atoms with van der Waals surface area (Å²) in [6.07, 6.45) is 1.71. The van der Waals surface area contributed by atoms with E-state index >= 15 is 0 Å². The summed E-state index contributed by atoms with van der Waals surface area (Å²) in [5.41, 5.74) is 0.583. The molecular weight excluding hydrogens is 315 g/mol. The molecule has 2 aromatic rings. The second-order valence-electron chi connectivity index (χ2n) is 4.43. The van der Waals surface area contributed by atoms with Crippen molar-refractivity contribution in [1.29, 1.82) is 0 Å². The van der Waals surface area contributed by atoms with E-state index in [2.05, 4.69) is 40.1 Å². The fourth-order valence-electron chi connectivity index (χ4n) is 1.46. The van der Waals surface area contributed by atoms with Crippen molar-refractivity contribution >= 4 is 32.4 Å². The molecule has 2 nitrogen and oxygen atoms in total. The van der Waals surface area contributed by atoms with E-state index in [1.54, 1.807) is 18.3 Å². The SMILES string of the molecule is CC(C)CNc1ncc(-c2cc(Br)ccc2F)s1. The Morgan fingerprint density at radius 3 is 2.94 bits per heavy atom. The third kappa shape index (κ3) is 3.29. The maximum Gasteiger partial charge on any atom is 0.183 e. The molecule has 1 aromatic heterocycles. The van der Waals surface area contributed by atoms with Gasteiger partial charge in [-0.2, -0.15) is 0 Å². The molecule has 0 spiro atoms. The summed E-state index contributed by atoms with van der Waals surface area (Å²) < 4.78 is 14.6. The fraction of sp³-hybridized carbons (Fsp3) is 0.308. The summed E-state index contributed by atoms with van der Waals surface area (Å²) in [5.74, 6) is 0.331. The highest BCUT2D eigenvalue weighted by Gasteiger charge is 2.10. The molecule has 1 heterocycles. The molecule has 0 radical (unpaired) electrons. The van der Waals surface area contributed by atoms with Gasteiger partial charge in [0.2, 0.25) is 0 Å². The molecule has 18 heavy (non-hydrogen) atoms. The minimum absolute atomic E-state index is 0.225. The van der Waals surface area contributed by atoms with Crippen molar-refractivity contribution in [1.82, 2.24) is 4.98 Å². The maximum atomic E-state index is 13.7. The molecule has 0 saturated carbocycles. The van der Waals surface area contributed by atoms with Crippen LogP contribution in [0.2, 0.25) is 0 Å². The normalized spacial score (nSPS) is 10.9. The van der Waals surface area contributed by atoms with Crippen molar-refractivity contribution in [2.45, 2.75) is 13.8 Å². The molecule has 96 valence electrons. The zero-order valence-corrected chi connectivity index (χ0v) is 12.6. The number of thiazole rings is 1. The highest BCUT2D eigenvalue weighted by molar-refractivity contribution is 9.10. The van der Waals surface area contributed by atoms with Gasteiger partial charge in [-0.25, -0.2) is 9.37 Å². The van der Waals surface area contributed by atoms with E-state index in [9.17, 15) is 4.39 Å². The van der Waals surface area contributed by atoms with Crippen molar-refractivity contribution in [2.24, 2.45) is 5.92 Å². The standard InChI is InChI=1S/C13H14BrFN2S/c1-8(2)6-16-13-17-7-12(18-13)10-5-9(14)3-4-11(10)15/h3-5,7-8H,6H2,1-2H3,(H,16,17). The van der Waals surface area contributed by atoms with Gasteiger partial charge in [0.1, 0.15) is 5.82 Å². The molecule has 0 atom stereocenters. The van der Waals surface area contributed by atoms with E-state index < -0.39 is 0 Å². The van der Waals surface area contributed by atoms with Crippen LogP contribution in [0.5, 0.6) is 0 Å². The van der Waals surface area contributed by atoms with Crippen LogP contribution in [0.1, 0.15) is 13.8 Å². The van der Waals surface area contributed by atoms with E-state index in [1.807, 2.05) is 0 Å². The monoisotopic (exact) mass is 328 g/mol. The lowest BCUT2D eigenvalue weighted by molar-refractivity contribution is 0.631. The predicted molar refractivity (Wildman–Crippen MR) is 78.5 cm³/mol. The van der Waals surface area contributed by atoms with Crippen molar-refractivity contribution in [3.05, 3.63) is 34.7 Å². The van der Waals surface area contributed by atoms with Crippen molar-refractivity contribution in [3.8, 4) is 10.4 Å². The highest BCUT2D eigenvalue weighted by Crippen LogP contribution is 2.32. The number of rotatable bonds is 4. The van der Waals surface area contributed by atoms with Gasteiger partial charge in [-0.15, -0.1) is 0 Å². The Kier molecular flexibility index (Phi) is 4.35. The van der Waals surface area contributed by atoms with E-state index in [0.717, 1.165) is 21.0 Å². The summed E-state index contributed by atoms with van der Waals surface area (Å²) in [4.78, 5) is 5.09. The summed E-state index contributed by atoms with van der Waals surface area (Å²) in [6, 6.07) is 4.92. The van der Waals surface area contributed by atoms with Crippen LogP contribution in [0.15, 0.2) is 28.9 Å². The number of hydrogen-bond acceptors (Lipinski definition) is 3. The molecular formula is C13H14BrFN2S. The molecule has 0 amide bonds. The molecule has 0 unspecified atom stereocenters. The first-order chi connectivity index (χ1) is 8.56. The van der Waals surface area contributed by atoms with Crippen molar-refractivity contribution < 1.29 is 4.39 Å². The van der Waals surface area contributed by atoms with Gasteiger partial charge in [0.25, 0.3) is 0 Å². The van der Waals surface area contributed by atoms with Crippen LogP contribution in [0.4, 0.5) is 9.52 Å². The van der Waals surface area contributed by atoms with Crippen LogP contribution >= 0.6 is 27.3 Å². The quantitative estimate of drug-likeness (QED) is 0.873. The van der Waals surface area contributed by atoms with Crippen molar-refractivity contribution in [2.75, 3.05) is 11.9 Å². The summed E-state index contributed by atoms with van der Waals surface area (Å²) in [6.45, 7) is 5.14. The van der Waals surface area contributed by atoms with Crippen LogP contribution in [0, 0.1) is 11.7 Å². The number of halogens is 2. The fourth-order valence-corrected chi connectivity index (χ4v) is 2.66. The third-order valence-corrected chi connectivity index (χ3v) is 3.84. The number of benzene rings is 1. The zero-order chi connectivity index (χ0) is 13.1. The van der Waals surface area contributed by atoms with E-state index in [-0.39, 0.29) is 5.82 Å². The lowest BCUT2D eigenvalue weighted by Crippen LogP contribution is -2.07. The van der Waals surface area contributed by atoms with Crippen LogP contribution in [-0.2, 0) is 0 Å². The van der Waals surface area contributed by atoms with E-state index in [0.29, 0.717) is 11.5 Å². The minimum atomic E-state index is -0.225. The Bertz CT molecular complexity index is 540. The lowest BCUT2D eigenvalue weighted by Gasteiger charge is -2.04. The van der Waals surface area contributed by atoms with Crippen molar-refractivity contribution in [3.63, 3.8) is 0 Å². The molecule has 1 N–H and O–H groups in total. The Morgan fingerprint density at radius 1 is 1.44 bits per heavy atom. The first-order valence-electron chi connectivity index (χ1n) is 5.71. The molecule has 0 saturated heterocycles. The van der Waals surface area contributed by atoms with Gasteiger partial charge in [-0.1, -0.05) is 41.1 Å². The van der Waals surface area contributed by atoms with Crippen LogP contribution < -0.4 is 5.32 Å². The number of hydrogen-bond donors (Lipinski definition) is 1. The average molecular weight is 329 g/mol. The molecule has 2 rings (SSSR count). The van der Waals surface area contributed by atoms with Crippen LogP contribution in [0.3, 0.4) is 0 Å². The van der Waals surface area contributed by atoms with Gasteiger partial charge in [-0.3, -0.25) is 0 Å². The second-order valence-corrected chi connectivity index (χ2v) is 6.37. The number of nitrogens with one attached hydrogen (secondary N) is 1. The van der Waals surface area contributed by atoms with Gasteiger partial charge >= 0.3 is 0 Å². The van der Waals surface area contributed by atoms with Gasteiger partial charge in [0.05, 0.1) is 4.88 Å². The first kappa shape index (κ1) is 13.5. The molecule has 0 bridgehead atoms. The molecule has 1 aromatic carbocycles. The molecule has 0 aliphatic rings. The smallest absolute Gasteiger partial charge is 0.183 e. The number of anilines is 1. The zero-order valence-electron chi connectivity index (χ0n) is 10.2. The molecule has 0 aliphatic carbocycles. The lowest BCUT2D eigenvalue weighted by atomic mass is 10.2. The maximum absolute atomic E-state index is 13.7. The molecule has 0 aliphatic heterocycles. The van der Waals surface area contributed by atoms with Crippen LogP contribution in [-0.4, -0.2) is 11.5 Å². The summed E-state index contributed by atoms with van der Waals surface area (Å²) in [5, 5.41) is 4.07. The van der Waals surface area contributed by atoms with Gasteiger partial charge in [-0.05, 0) is 24.1 Å². The summed E-state index contributed by atoms with van der Waals surface area (Å²) >= 11 is 4.82. The topological polar surface area (TPSA) is 24.9 Å². The van der Waals surface area contributed by atoms with E-state index in [4.69, 9.17) is 0 Å². The predicted octanol–water partition coefficient (Wildman–Crippen LogP) is 4.78. The average Bonchev–Trinajstić information content (AvgIpc) is 2.78. The second kappa shape index (κ2) is 5.80. The van der Waals surface area contributed by atoms with E-state index in [1.165, 1.54) is 17.4 Å². The van der Waals surface area contributed by atoms with Gasteiger partial charge in [0, 0.05) is 22.8 Å². The minimum Gasteiger partial charge on any atom is -0.361 e. The molecule has 5 heteroatoms. The Hall–Kier alpha value is -0.940. The Balaban J connectivity index is 2.21. The number of nitrogens with zero attached hydrogens (tertiary/aromatic N) is 1. The third-order valence-electron chi connectivity index (χ3n) is 2.36. The largest absolute Gasteiger partial charge is 0.361 e. The van der Waals surface area contributed by atoms with Gasteiger partial charge in [0.15, 0.2) is 5.13 Å².